The molecule has 0 aliphatic carbocycles. The Bertz CT molecular complexity index is 853. The zero-order chi connectivity index (χ0) is 19.6. The van der Waals surface area contributed by atoms with Crippen LogP contribution >= 0.6 is 0 Å². The number of pyridine rings is 1. The van der Waals surface area contributed by atoms with Gasteiger partial charge in [0.05, 0.1) is 0 Å². The van der Waals surface area contributed by atoms with Gasteiger partial charge in [-0.3, -0.25) is 4.79 Å². The highest BCUT2D eigenvalue weighted by molar-refractivity contribution is 5.72. The number of benzene rings is 1. The van der Waals surface area contributed by atoms with Crippen LogP contribution < -0.4 is 19.7 Å². The molecule has 6 heteroatoms. The van der Waals surface area contributed by atoms with Gasteiger partial charge in [0.15, 0.2) is 11.5 Å². The first-order chi connectivity index (χ1) is 13.5. The number of anilines is 1. The van der Waals surface area contributed by atoms with Crippen LogP contribution in [-0.2, 0) is 17.8 Å². The van der Waals surface area contributed by atoms with E-state index in [1.54, 1.807) is 0 Å². The van der Waals surface area contributed by atoms with E-state index in [2.05, 4.69) is 40.3 Å². The average Bonchev–Trinajstić information content (AvgIpc) is 3.14. The Kier molecular flexibility index (Phi) is 5.11. The highest BCUT2D eigenvalue weighted by atomic mass is 16.7. The number of fused-ring (bicyclic) bond motifs is 1. The summed E-state index contributed by atoms with van der Waals surface area (Å²) in [4.78, 5) is 18.1. The molecule has 1 N–H and O–H groups in total. The van der Waals surface area contributed by atoms with Crippen LogP contribution in [0.3, 0.4) is 0 Å². The molecule has 0 unspecified atom stereocenters. The fourth-order valence-electron chi connectivity index (χ4n) is 4.13. The fraction of sp³-hybridized carbons (Fsp3) is 0.455. The van der Waals surface area contributed by atoms with Crippen molar-refractivity contribution in [1.29, 1.82) is 0 Å². The van der Waals surface area contributed by atoms with Crippen molar-refractivity contribution >= 4 is 11.7 Å². The highest BCUT2D eigenvalue weighted by Crippen LogP contribution is 2.38. The van der Waals surface area contributed by atoms with Crippen LogP contribution in [0.1, 0.15) is 37.8 Å². The number of rotatable bonds is 5. The summed E-state index contributed by atoms with van der Waals surface area (Å²) in [6.07, 6.45) is 5.20. The van der Waals surface area contributed by atoms with Crippen molar-refractivity contribution in [2.75, 3.05) is 24.8 Å². The van der Waals surface area contributed by atoms with Crippen molar-refractivity contribution in [1.82, 2.24) is 10.3 Å². The molecule has 2 aliphatic rings. The zero-order valence-corrected chi connectivity index (χ0v) is 16.5. The van der Waals surface area contributed by atoms with Gasteiger partial charge in [-0.25, -0.2) is 4.98 Å². The maximum absolute atomic E-state index is 11.1. The van der Waals surface area contributed by atoms with Crippen molar-refractivity contribution < 1.29 is 14.3 Å². The quantitative estimate of drug-likeness (QED) is 0.861. The lowest BCUT2D eigenvalue weighted by atomic mass is 9.77. The van der Waals surface area contributed by atoms with Gasteiger partial charge in [0.25, 0.3) is 0 Å². The Balaban J connectivity index is 1.42. The minimum Gasteiger partial charge on any atom is -0.454 e. The molecule has 0 radical (unpaired) electrons. The molecular weight excluding hydrogens is 354 g/mol. The normalized spacial score (nSPS) is 20.9. The predicted molar refractivity (Wildman–Crippen MR) is 108 cm³/mol. The van der Waals surface area contributed by atoms with Gasteiger partial charge in [-0.15, -0.1) is 0 Å². The summed E-state index contributed by atoms with van der Waals surface area (Å²) < 4.78 is 11.0. The molecule has 0 saturated carbocycles. The number of hydrogen-bond donors (Lipinski definition) is 1. The number of amides is 1. The molecule has 0 bridgehead atoms. The third-order valence-electron chi connectivity index (χ3n) is 5.52. The molecule has 1 amide bonds. The van der Waals surface area contributed by atoms with E-state index in [1.165, 1.54) is 18.9 Å². The van der Waals surface area contributed by atoms with Gasteiger partial charge in [-0.05, 0) is 54.0 Å². The molecule has 1 aromatic carbocycles. The average molecular weight is 381 g/mol. The van der Waals surface area contributed by atoms with E-state index in [4.69, 9.17) is 9.47 Å². The second-order valence-corrected chi connectivity index (χ2v) is 8.13. The van der Waals surface area contributed by atoms with Crippen LogP contribution in [0.4, 0.5) is 5.82 Å². The van der Waals surface area contributed by atoms with Crippen molar-refractivity contribution in [2.45, 2.75) is 39.7 Å². The topological polar surface area (TPSA) is 63.7 Å². The maximum atomic E-state index is 11.1. The van der Waals surface area contributed by atoms with Gasteiger partial charge in [0.1, 0.15) is 5.82 Å². The summed E-state index contributed by atoms with van der Waals surface area (Å²) in [6.45, 7) is 6.71. The van der Waals surface area contributed by atoms with Crippen molar-refractivity contribution in [3.63, 3.8) is 0 Å². The molecule has 0 spiro atoms. The van der Waals surface area contributed by atoms with Gasteiger partial charge in [-0.2, -0.15) is 0 Å². The first kappa shape index (κ1) is 18.6. The van der Waals surface area contributed by atoms with E-state index in [-0.39, 0.29) is 11.3 Å². The van der Waals surface area contributed by atoms with Crippen LogP contribution in [0.2, 0.25) is 0 Å². The monoisotopic (exact) mass is 381 g/mol. The van der Waals surface area contributed by atoms with Gasteiger partial charge in [-0.1, -0.05) is 19.1 Å². The molecule has 4 rings (SSSR count). The molecule has 6 nitrogen and oxygen atoms in total. The number of carbonyl (C=O) groups excluding carboxylic acids is 1. The Hall–Kier alpha value is -2.76. The van der Waals surface area contributed by atoms with E-state index in [1.807, 2.05) is 18.3 Å². The van der Waals surface area contributed by atoms with Crippen LogP contribution in [-0.4, -0.2) is 30.8 Å². The van der Waals surface area contributed by atoms with Crippen LogP contribution in [0, 0.1) is 5.41 Å². The van der Waals surface area contributed by atoms with Crippen LogP contribution in [0.15, 0.2) is 36.5 Å². The van der Waals surface area contributed by atoms with Gasteiger partial charge >= 0.3 is 0 Å². The van der Waals surface area contributed by atoms with Gasteiger partial charge in [0.2, 0.25) is 12.7 Å². The summed E-state index contributed by atoms with van der Waals surface area (Å²) in [5.41, 5.74) is 2.48. The van der Waals surface area contributed by atoms with E-state index >= 15 is 0 Å². The third-order valence-corrected chi connectivity index (χ3v) is 5.52. The van der Waals surface area contributed by atoms with Gasteiger partial charge in [0, 0.05) is 32.8 Å². The number of hydrogen-bond acceptors (Lipinski definition) is 5. The van der Waals surface area contributed by atoms with Crippen LogP contribution in [0.25, 0.3) is 0 Å². The third kappa shape index (κ3) is 4.21. The standard InChI is InChI=1S/C22H27N3O3/c1-16(26)23-12-18-5-7-21(24-13-18)25-9-3-8-22(2,14-25)11-17-4-6-19-20(10-17)28-15-27-19/h4-7,10,13H,3,8-9,11-12,14-15H2,1-2H3,(H,23,26)/t22-/m0/s1. The van der Waals surface area contributed by atoms with E-state index in [0.717, 1.165) is 48.8 Å². The molecule has 1 saturated heterocycles. The van der Waals surface area contributed by atoms with Crippen molar-refractivity contribution in [3.05, 3.63) is 47.7 Å². The first-order valence-electron chi connectivity index (χ1n) is 9.84. The largest absolute Gasteiger partial charge is 0.454 e. The Morgan fingerprint density at radius 1 is 1.21 bits per heavy atom. The summed E-state index contributed by atoms with van der Waals surface area (Å²) >= 11 is 0. The Morgan fingerprint density at radius 2 is 2.04 bits per heavy atom. The summed E-state index contributed by atoms with van der Waals surface area (Å²) in [7, 11) is 0. The Morgan fingerprint density at radius 3 is 2.82 bits per heavy atom. The molecule has 1 aromatic heterocycles. The number of nitrogens with zero attached hydrogens (tertiary/aromatic N) is 2. The highest BCUT2D eigenvalue weighted by Gasteiger charge is 2.32. The van der Waals surface area contributed by atoms with Gasteiger partial charge < -0.3 is 19.7 Å². The molecular formula is C22H27N3O3. The summed E-state index contributed by atoms with van der Waals surface area (Å²) in [5, 5.41) is 2.81. The molecule has 28 heavy (non-hydrogen) atoms. The predicted octanol–water partition coefficient (Wildman–Crippen LogP) is 3.30. The summed E-state index contributed by atoms with van der Waals surface area (Å²) in [5.74, 6) is 2.66. The van der Waals surface area contributed by atoms with E-state index < -0.39 is 0 Å². The van der Waals surface area contributed by atoms with Crippen molar-refractivity contribution in [2.24, 2.45) is 5.41 Å². The molecule has 2 aromatic rings. The number of nitrogens with one attached hydrogen (secondary N) is 1. The van der Waals surface area contributed by atoms with Crippen LogP contribution in [0.5, 0.6) is 11.5 Å². The molecule has 3 heterocycles. The molecule has 148 valence electrons. The zero-order valence-electron chi connectivity index (χ0n) is 16.5. The smallest absolute Gasteiger partial charge is 0.231 e. The minimum absolute atomic E-state index is 0.0283. The lowest BCUT2D eigenvalue weighted by Crippen LogP contribution is -2.43. The maximum Gasteiger partial charge on any atom is 0.231 e. The van der Waals surface area contributed by atoms with E-state index in [0.29, 0.717) is 13.3 Å². The SMILES string of the molecule is CC(=O)NCc1ccc(N2CCC[C@@](C)(Cc3ccc4c(c3)OCO4)C2)nc1. The second kappa shape index (κ2) is 7.70. The number of ether oxygens (including phenoxy) is 2. The summed E-state index contributed by atoms with van der Waals surface area (Å²) in [6, 6.07) is 10.4. The first-order valence-corrected chi connectivity index (χ1v) is 9.84. The number of aromatic nitrogens is 1. The van der Waals surface area contributed by atoms with Crippen molar-refractivity contribution in [3.8, 4) is 11.5 Å². The number of piperidine rings is 1. The second-order valence-electron chi connectivity index (χ2n) is 8.13. The Labute approximate surface area is 165 Å². The lowest BCUT2D eigenvalue weighted by Gasteiger charge is -2.41. The minimum atomic E-state index is -0.0283. The fourth-order valence-corrected chi connectivity index (χ4v) is 4.13. The molecule has 2 aliphatic heterocycles. The number of carbonyl (C=O) groups is 1. The molecule has 1 atom stereocenters. The molecule has 1 fully saturated rings. The van der Waals surface area contributed by atoms with E-state index in [9.17, 15) is 4.79 Å². The lowest BCUT2D eigenvalue weighted by molar-refractivity contribution is -0.119.